The van der Waals surface area contributed by atoms with E-state index in [4.69, 9.17) is 9.47 Å². The van der Waals surface area contributed by atoms with Crippen LogP contribution in [0.4, 0.5) is 14.5 Å². The molecule has 0 aromatic heterocycles. The number of ether oxygens (including phenoxy) is 2. The van der Waals surface area contributed by atoms with Crippen molar-refractivity contribution in [1.82, 2.24) is 10.2 Å². The third-order valence-electron chi connectivity index (χ3n) is 7.72. The van der Waals surface area contributed by atoms with Gasteiger partial charge in [0.25, 0.3) is 10.0 Å². The summed E-state index contributed by atoms with van der Waals surface area (Å²) in [5.41, 5.74) is 0.587. The maximum atomic E-state index is 14.1. The maximum absolute atomic E-state index is 14.1. The van der Waals surface area contributed by atoms with Crippen molar-refractivity contribution in [3.05, 3.63) is 83.9 Å². The molecule has 4 rings (SSSR count). The molecule has 0 spiro atoms. The average molecular weight is 630 g/mol. The van der Waals surface area contributed by atoms with E-state index in [9.17, 15) is 26.8 Å². The minimum Gasteiger partial charge on any atom is -0.493 e. The second-order valence-corrected chi connectivity index (χ2v) is 12.5. The van der Waals surface area contributed by atoms with Crippen molar-refractivity contribution >= 4 is 27.5 Å². The van der Waals surface area contributed by atoms with Gasteiger partial charge in [-0.05, 0) is 73.9 Å². The first kappa shape index (κ1) is 32.7. The standard InChI is InChI=1S/C32H37F2N3O6S/c1-22(32(39)35-26-7-5-4-6-8-26)36(20-23-9-11-24(33)12-10-23)31(38)21-37(27-15-13-25(34)14-16-27)44(40,41)28-17-18-29(42-2)30(19-28)43-3/h9-19,22,26H,4-8,20-21H2,1-3H3,(H,35,39). The number of sulfonamides is 1. The summed E-state index contributed by atoms with van der Waals surface area (Å²) in [5, 5.41) is 3.03. The van der Waals surface area contributed by atoms with Crippen molar-refractivity contribution in [3.63, 3.8) is 0 Å². The lowest BCUT2D eigenvalue weighted by Crippen LogP contribution is -2.53. The number of rotatable bonds is 12. The summed E-state index contributed by atoms with van der Waals surface area (Å²) < 4.78 is 67.0. The fourth-order valence-electron chi connectivity index (χ4n) is 5.18. The van der Waals surface area contributed by atoms with Gasteiger partial charge in [0.2, 0.25) is 11.8 Å². The normalized spacial score (nSPS) is 14.4. The number of methoxy groups -OCH3 is 2. The van der Waals surface area contributed by atoms with E-state index >= 15 is 0 Å². The molecule has 0 radical (unpaired) electrons. The van der Waals surface area contributed by atoms with Crippen molar-refractivity contribution in [2.24, 2.45) is 0 Å². The molecule has 1 fully saturated rings. The highest BCUT2D eigenvalue weighted by atomic mass is 32.2. The quantitative estimate of drug-likeness (QED) is 0.301. The first-order valence-corrected chi connectivity index (χ1v) is 15.8. The summed E-state index contributed by atoms with van der Waals surface area (Å²) in [6, 6.07) is 13.2. The molecule has 0 bridgehead atoms. The monoisotopic (exact) mass is 629 g/mol. The molecule has 1 aliphatic rings. The molecule has 3 aromatic carbocycles. The fraction of sp³-hybridized carbons (Fsp3) is 0.375. The maximum Gasteiger partial charge on any atom is 0.264 e. The lowest BCUT2D eigenvalue weighted by atomic mass is 9.95. The smallest absolute Gasteiger partial charge is 0.264 e. The van der Waals surface area contributed by atoms with E-state index in [1.165, 1.54) is 73.7 Å². The third kappa shape index (κ3) is 7.85. The lowest BCUT2D eigenvalue weighted by molar-refractivity contribution is -0.139. The first-order chi connectivity index (χ1) is 21.0. The molecule has 3 aromatic rings. The molecule has 236 valence electrons. The van der Waals surface area contributed by atoms with Gasteiger partial charge in [-0.3, -0.25) is 13.9 Å². The van der Waals surface area contributed by atoms with Crippen LogP contribution in [-0.2, 0) is 26.2 Å². The average Bonchev–Trinajstić information content (AvgIpc) is 3.03. The van der Waals surface area contributed by atoms with E-state index in [1.807, 2.05) is 0 Å². The zero-order valence-electron chi connectivity index (χ0n) is 25.0. The summed E-state index contributed by atoms with van der Waals surface area (Å²) in [7, 11) is -1.65. The largest absolute Gasteiger partial charge is 0.493 e. The van der Waals surface area contributed by atoms with E-state index in [2.05, 4.69) is 5.32 Å². The van der Waals surface area contributed by atoms with Crippen LogP contribution in [0.3, 0.4) is 0 Å². The van der Waals surface area contributed by atoms with Crippen molar-refractivity contribution in [3.8, 4) is 11.5 Å². The van der Waals surface area contributed by atoms with Gasteiger partial charge in [0.15, 0.2) is 11.5 Å². The highest BCUT2D eigenvalue weighted by molar-refractivity contribution is 7.92. The summed E-state index contributed by atoms with van der Waals surface area (Å²) in [4.78, 5) is 28.5. The molecule has 1 aliphatic carbocycles. The van der Waals surface area contributed by atoms with Crippen LogP contribution in [0, 0.1) is 11.6 Å². The molecule has 1 saturated carbocycles. The Morgan fingerprint density at radius 2 is 1.48 bits per heavy atom. The molecule has 1 N–H and O–H groups in total. The summed E-state index contributed by atoms with van der Waals surface area (Å²) in [6.45, 7) is 0.793. The highest BCUT2D eigenvalue weighted by Crippen LogP contribution is 2.32. The minimum absolute atomic E-state index is 0.0115. The summed E-state index contributed by atoms with van der Waals surface area (Å²) in [5.74, 6) is -1.64. The van der Waals surface area contributed by atoms with Crippen LogP contribution in [0.2, 0.25) is 0 Å². The molecule has 0 aliphatic heterocycles. The van der Waals surface area contributed by atoms with Gasteiger partial charge in [-0.25, -0.2) is 17.2 Å². The minimum atomic E-state index is -4.42. The molecule has 44 heavy (non-hydrogen) atoms. The Morgan fingerprint density at radius 1 is 0.886 bits per heavy atom. The number of anilines is 1. The molecule has 2 amide bonds. The summed E-state index contributed by atoms with van der Waals surface area (Å²) in [6.07, 6.45) is 4.78. The number of benzene rings is 3. The lowest BCUT2D eigenvalue weighted by Gasteiger charge is -2.33. The molecule has 12 heteroatoms. The van der Waals surface area contributed by atoms with Crippen LogP contribution >= 0.6 is 0 Å². The van der Waals surface area contributed by atoms with E-state index in [0.717, 1.165) is 48.5 Å². The van der Waals surface area contributed by atoms with Gasteiger partial charge in [-0.2, -0.15) is 0 Å². The predicted octanol–water partition coefficient (Wildman–Crippen LogP) is 5.04. The van der Waals surface area contributed by atoms with Crippen molar-refractivity contribution < 1.29 is 36.3 Å². The first-order valence-electron chi connectivity index (χ1n) is 14.4. The summed E-state index contributed by atoms with van der Waals surface area (Å²) >= 11 is 0. The van der Waals surface area contributed by atoms with E-state index in [0.29, 0.717) is 11.3 Å². The number of nitrogens with zero attached hydrogens (tertiary/aromatic N) is 2. The Hall–Kier alpha value is -4.19. The van der Waals surface area contributed by atoms with Gasteiger partial charge in [0, 0.05) is 18.7 Å². The van der Waals surface area contributed by atoms with Gasteiger partial charge in [-0.15, -0.1) is 0 Å². The Labute approximate surface area is 256 Å². The topological polar surface area (TPSA) is 105 Å². The van der Waals surface area contributed by atoms with Crippen molar-refractivity contribution in [2.45, 2.75) is 62.6 Å². The Balaban J connectivity index is 1.70. The van der Waals surface area contributed by atoms with Gasteiger partial charge >= 0.3 is 0 Å². The number of carbonyl (C=O) groups excluding carboxylic acids is 2. The molecule has 9 nitrogen and oxygen atoms in total. The second-order valence-electron chi connectivity index (χ2n) is 10.7. The van der Waals surface area contributed by atoms with Crippen LogP contribution in [0.5, 0.6) is 11.5 Å². The Kier molecular flexibility index (Phi) is 10.8. The number of halogens is 2. The van der Waals surface area contributed by atoms with E-state index < -0.39 is 40.2 Å². The number of nitrogens with one attached hydrogen (secondary N) is 1. The Bertz CT molecular complexity index is 1550. The van der Waals surface area contributed by atoms with Crippen LogP contribution in [0.1, 0.15) is 44.6 Å². The molecular weight excluding hydrogens is 592 g/mol. The molecule has 1 atom stereocenters. The molecule has 0 saturated heterocycles. The molecule has 0 heterocycles. The van der Waals surface area contributed by atoms with Crippen LogP contribution in [-0.4, -0.2) is 58.0 Å². The molecular formula is C32H37F2N3O6S. The SMILES string of the molecule is COc1ccc(S(=O)(=O)N(CC(=O)N(Cc2ccc(F)cc2)C(C)C(=O)NC2CCCCC2)c2ccc(F)cc2)cc1OC. The van der Waals surface area contributed by atoms with E-state index in [1.54, 1.807) is 6.92 Å². The number of carbonyl (C=O) groups is 2. The second kappa shape index (κ2) is 14.5. The number of amides is 2. The van der Waals surface area contributed by atoms with Crippen molar-refractivity contribution in [1.29, 1.82) is 0 Å². The Morgan fingerprint density at radius 3 is 2.07 bits per heavy atom. The van der Waals surface area contributed by atoms with Crippen LogP contribution in [0.15, 0.2) is 71.6 Å². The van der Waals surface area contributed by atoms with Crippen LogP contribution < -0.4 is 19.1 Å². The zero-order chi connectivity index (χ0) is 31.9. The van der Waals surface area contributed by atoms with Gasteiger partial charge in [-0.1, -0.05) is 31.4 Å². The fourth-order valence-corrected chi connectivity index (χ4v) is 6.61. The van der Waals surface area contributed by atoms with E-state index in [-0.39, 0.29) is 34.8 Å². The number of hydrogen-bond acceptors (Lipinski definition) is 6. The van der Waals surface area contributed by atoms with Gasteiger partial charge < -0.3 is 19.7 Å². The third-order valence-corrected chi connectivity index (χ3v) is 9.49. The molecule has 1 unspecified atom stereocenters. The van der Waals surface area contributed by atoms with Crippen molar-refractivity contribution in [2.75, 3.05) is 25.1 Å². The van der Waals surface area contributed by atoms with Crippen LogP contribution in [0.25, 0.3) is 0 Å². The number of hydrogen-bond donors (Lipinski definition) is 1. The van der Waals surface area contributed by atoms with Gasteiger partial charge in [0.1, 0.15) is 24.2 Å². The zero-order valence-corrected chi connectivity index (χ0v) is 25.8. The predicted molar refractivity (Wildman–Crippen MR) is 162 cm³/mol. The van der Waals surface area contributed by atoms with Gasteiger partial charge in [0.05, 0.1) is 24.8 Å². The highest BCUT2D eigenvalue weighted by Gasteiger charge is 2.33.